The van der Waals surface area contributed by atoms with Gasteiger partial charge in [-0.2, -0.15) is 11.8 Å². The molecule has 1 heterocycles. The summed E-state index contributed by atoms with van der Waals surface area (Å²) >= 11 is 7.46. The van der Waals surface area contributed by atoms with E-state index in [4.69, 9.17) is 11.6 Å². The average molecular weight is 219 g/mol. The molecule has 0 amide bonds. The zero-order valence-electron chi connectivity index (χ0n) is 6.76. The van der Waals surface area contributed by atoms with Crippen LogP contribution < -0.4 is 0 Å². The molecule has 4 heteroatoms. The number of hydrogen-bond donors (Lipinski definition) is 1. The molecule has 0 aromatic heterocycles. The standard InChI is InChI=1S/C9H8ClFOS/c10-6-1-2-7(11)9-5(6)3-13-4-8(9)12/h1-2,8,12H,3-4H2/t8-/m1/s1. The van der Waals surface area contributed by atoms with Crippen LogP contribution >= 0.6 is 23.4 Å². The minimum absolute atomic E-state index is 0.354. The monoisotopic (exact) mass is 218 g/mol. The first-order valence-electron chi connectivity index (χ1n) is 3.92. The number of benzene rings is 1. The second-order valence-corrected chi connectivity index (χ2v) is 4.39. The van der Waals surface area contributed by atoms with Crippen molar-refractivity contribution in [2.75, 3.05) is 5.75 Å². The van der Waals surface area contributed by atoms with Crippen LogP contribution in [0.2, 0.25) is 5.02 Å². The van der Waals surface area contributed by atoms with Crippen molar-refractivity contribution in [2.24, 2.45) is 0 Å². The summed E-state index contributed by atoms with van der Waals surface area (Å²) < 4.78 is 13.3. The fraction of sp³-hybridized carbons (Fsp3) is 0.333. The van der Waals surface area contributed by atoms with E-state index in [1.807, 2.05) is 0 Å². The number of fused-ring (bicyclic) bond motifs is 1. The molecule has 1 atom stereocenters. The van der Waals surface area contributed by atoms with Crippen molar-refractivity contribution < 1.29 is 9.50 Å². The fourth-order valence-electron chi connectivity index (χ4n) is 1.47. The Hall–Kier alpha value is -0.250. The van der Waals surface area contributed by atoms with Crippen molar-refractivity contribution in [3.63, 3.8) is 0 Å². The van der Waals surface area contributed by atoms with E-state index in [9.17, 15) is 9.50 Å². The van der Waals surface area contributed by atoms with Gasteiger partial charge in [-0.05, 0) is 17.7 Å². The lowest BCUT2D eigenvalue weighted by atomic mass is 10.0. The van der Waals surface area contributed by atoms with E-state index < -0.39 is 6.10 Å². The maximum Gasteiger partial charge on any atom is 0.129 e. The molecule has 0 spiro atoms. The first-order chi connectivity index (χ1) is 6.20. The van der Waals surface area contributed by atoms with Gasteiger partial charge in [-0.3, -0.25) is 0 Å². The molecule has 1 aliphatic rings. The van der Waals surface area contributed by atoms with Crippen LogP contribution in [-0.4, -0.2) is 10.9 Å². The van der Waals surface area contributed by atoms with Gasteiger partial charge in [-0.25, -0.2) is 4.39 Å². The minimum Gasteiger partial charge on any atom is -0.387 e. The summed E-state index contributed by atoms with van der Waals surface area (Å²) in [6.07, 6.45) is -0.715. The second-order valence-electron chi connectivity index (χ2n) is 2.95. The van der Waals surface area contributed by atoms with Gasteiger partial charge < -0.3 is 5.11 Å². The Bertz CT molecular complexity index is 343. The van der Waals surface area contributed by atoms with Gasteiger partial charge in [0.25, 0.3) is 0 Å². The lowest BCUT2D eigenvalue weighted by Gasteiger charge is -2.22. The van der Waals surface area contributed by atoms with Crippen LogP contribution in [0.1, 0.15) is 17.2 Å². The molecular weight excluding hydrogens is 211 g/mol. The minimum atomic E-state index is -0.715. The first kappa shape index (κ1) is 9.31. The van der Waals surface area contributed by atoms with Gasteiger partial charge in [-0.1, -0.05) is 11.6 Å². The van der Waals surface area contributed by atoms with Crippen molar-refractivity contribution in [1.29, 1.82) is 0 Å². The molecule has 1 N–H and O–H groups in total. The fourth-order valence-corrected chi connectivity index (χ4v) is 2.81. The number of halogens is 2. The van der Waals surface area contributed by atoms with Gasteiger partial charge in [0.1, 0.15) is 5.82 Å². The van der Waals surface area contributed by atoms with Crippen molar-refractivity contribution in [2.45, 2.75) is 11.9 Å². The predicted octanol–water partition coefficient (Wildman–Crippen LogP) is 2.76. The highest BCUT2D eigenvalue weighted by atomic mass is 35.5. The number of aliphatic hydroxyl groups excluding tert-OH is 1. The maximum atomic E-state index is 13.3. The van der Waals surface area contributed by atoms with Crippen molar-refractivity contribution in [1.82, 2.24) is 0 Å². The largest absolute Gasteiger partial charge is 0.387 e. The summed E-state index contributed by atoms with van der Waals surface area (Å²) in [6.45, 7) is 0. The Kier molecular flexibility index (Phi) is 2.49. The molecule has 0 radical (unpaired) electrons. The Balaban J connectivity index is 2.60. The lowest BCUT2D eigenvalue weighted by molar-refractivity contribution is 0.196. The van der Waals surface area contributed by atoms with Gasteiger partial charge in [0.05, 0.1) is 6.10 Å². The first-order valence-corrected chi connectivity index (χ1v) is 5.46. The van der Waals surface area contributed by atoms with Gasteiger partial charge in [-0.15, -0.1) is 0 Å². The summed E-state index contributed by atoms with van der Waals surface area (Å²) in [6, 6.07) is 2.84. The van der Waals surface area contributed by atoms with Crippen LogP contribution in [0.5, 0.6) is 0 Å². The van der Waals surface area contributed by atoms with E-state index in [-0.39, 0.29) is 5.82 Å². The third-order valence-corrected chi connectivity index (χ3v) is 3.50. The van der Waals surface area contributed by atoms with Crippen LogP contribution in [0.3, 0.4) is 0 Å². The zero-order valence-corrected chi connectivity index (χ0v) is 8.33. The lowest BCUT2D eigenvalue weighted by Crippen LogP contribution is -2.12. The summed E-state index contributed by atoms with van der Waals surface area (Å²) in [5.74, 6) is 0.875. The van der Waals surface area contributed by atoms with Crippen LogP contribution in [-0.2, 0) is 5.75 Å². The van der Waals surface area contributed by atoms with E-state index in [0.717, 1.165) is 5.56 Å². The van der Waals surface area contributed by atoms with E-state index in [1.54, 1.807) is 11.8 Å². The third-order valence-electron chi connectivity index (χ3n) is 2.10. The predicted molar refractivity (Wildman–Crippen MR) is 52.5 cm³/mol. The highest BCUT2D eigenvalue weighted by Crippen LogP contribution is 2.37. The highest BCUT2D eigenvalue weighted by Gasteiger charge is 2.23. The van der Waals surface area contributed by atoms with E-state index >= 15 is 0 Å². The third kappa shape index (κ3) is 1.56. The Morgan fingerprint density at radius 1 is 1.54 bits per heavy atom. The summed E-state index contributed by atoms with van der Waals surface area (Å²) in [5.41, 5.74) is 1.12. The molecule has 0 saturated heterocycles. The van der Waals surface area contributed by atoms with E-state index in [2.05, 4.69) is 0 Å². The normalized spacial score (nSPS) is 21.3. The molecule has 0 saturated carbocycles. The molecule has 1 aromatic rings. The molecule has 70 valence electrons. The SMILES string of the molecule is O[C@@H]1CSCc2c(Cl)ccc(F)c21. The smallest absolute Gasteiger partial charge is 0.129 e. The summed E-state index contributed by atoms with van der Waals surface area (Å²) in [4.78, 5) is 0. The number of hydrogen-bond acceptors (Lipinski definition) is 2. The maximum absolute atomic E-state index is 13.3. The van der Waals surface area contributed by atoms with Gasteiger partial charge in [0.15, 0.2) is 0 Å². The molecule has 0 aliphatic carbocycles. The van der Waals surface area contributed by atoms with Gasteiger partial charge in [0, 0.05) is 22.1 Å². The molecule has 0 bridgehead atoms. The molecule has 1 aliphatic heterocycles. The molecule has 1 aromatic carbocycles. The van der Waals surface area contributed by atoms with Crippen LogP contribution in [0.4, 0.5) is 4.39 Å². The van der Waals surface area contributed by atoms with Crippen LogP contribution in [0.25, 0.3) is 0 Å². The topological polar surface area (TPSA) is 20.2 Å². The Labute approximate surface area is 84.9 Å². The van der Waals surface area contributed by atoms with Crippen LogP contribution in [0.15, 0.2) is 12.1 Å². The molecule has 0 unspecified atom stereocenters. The van der Waals surface area contributed by atoms with Crippen LogP contribution in [0, 0.1) is 5.82 Å². The average Bonchev–Trinajstić information content (AvgIpc) is 2.12. The zero-order chi connectivity index (χ0) is 9.42. The summed E-state index contributed by atoms with van der Waals surface area (Å²) in [7, 11) is 0. The number of rotatable bonds is 0. The molecule has 0 fully saturated rings. The number of thioether (sulfide) groups is 1. The number of aliphatic hydroxyl groups is 1. The van der Waals surface area contributed by atoms with E-state index in [0.29, 0.717) is 22.1 Å². The summed E-state index contributed by atoms with van der Waals surface area (Å²) in [5, 5.41) is 10.1. The van der Waals surface area contributed by atoms with Gasteiger partial charge >= 0.3 is 0 Å². The highest BCUT2D eigenvalue weighted by molar-refractivity contribution is 7.98. The molecule has 1 nitrogen and oxygen atoms in total. The molecule has 2 rings (SSSR count). The Morgan fingerprint density at radius 3 is 3.00 bits per heavy atom. The van der Waals surface area contributed by atoms with Crippen molar-refractivity contribution in [3.8, 4) is 0 Å². The Morgan fingerprint density at radius 2 is 2.31 bits per heavy atom. The molecular formula is C9H8ClFOS. The van der Waals surface area contributed by atoms with Crippen molar-refractivity contribution >= 4 is 23.4 Å². The molecule has 13 heavy (non-hydrogen) atoms. The van der Waals surface area contributed by atoms with E-state index in [1.165, 1.54) is 12.1 Å². The van der Waals surface area contributed by atoms with Gasteiger partial charge in [0.2, 0.25) is 0 Å². The second kappa shape index (κ2) is 3.48. The van der Waals surface area contributed by atoms with Crippen molar-refractivity contribution in [3.05, 3.63) is 34.1 Å². The quantitative estimate of drug-likeness (QED) is 0.723.